The molecule has 5 nitrogen and oxygen atoms in total. The third kappa shape index (κ3) is 2.47. The number of likely N-dealkylation sites (N-methyl/N-ethyl adjacent to an activating group) is 1. The molecule has 1 rings (SSSR count). The number of amides is 1. The molecule has 0 aromatic heterocycles. The van der Waals surface area contributed by atoms with E-state index in [0.29, 0.717) is 0 Å². The number of carboxylic acid groups (broad SMARTS) is 1. The number of nitrogens with zero attached hydrogens (tertiary/aromatic N) is 1. The zero-order valence-electron chi connectivity index (χ0n) is 8.61. The molecule has 0 saturated heterocycles. The number of nitrogen functional groups attached to an aromatic ring is 1. The number of anilines is 1. The number of carbonyl (C=O) groups is 2. The van der Waals surface area contributed by atoms with Crippen LogP contribution in [-0.2, 0) is 4.79 Å². The molecule has 16 heavy (non-hydrogen) atoms. The van der Waals surface area contributed by atoms with Crippen LogP contribution in [0.5, 0.6) is 0 Å². The van der Waals surface area contributed by atoms with Gasteiger partial charge in [-0.2, -0.15) is 0 Å². The summed E-state index contributed by atoms with van der Waals surface area (Å²) in [6, 6.07) is 3.82. The highest BCUT2D eigenvalue weighted by Crippen LogP contribution is 2.17. The Morgan fingerprint density at radius 3 is 2.69 bits per heavy atom. The summed E-state index contributed by atoms with van der Waals surface area (Å²) in [5.41, 5.74) is 5.07. The van der Waals surface area contributed by atoms with Gasteiger partial charge >= 0.3 is 5.97 Å². The maximum Gasteiger partial charge on any atom is 0.323 e. The van der Waals surface area contributed by atoms with E-state index < -0.39 is 24.2 Å². The first kappa shape index (κ1) is 12.0. The summed E-state index contributed by atoms with van der Waals surface area (Å²) in [5.74, 6) is -2.47. The van der Waals surface area contributed by atoms with E-state index in [1.807, 2.05) is 0 Å². The third-order valence-corrected chi connectivity index (χ3v) is 2.00. The predicted octanol–water partition coefficient (Wildman–Crippen LogP) is 0.564. The smallest absolute Gasteiger partial charge is 0.323 e. The number of halogens is 1. The van der Waals surface area contributed by atoms with Crippen LogP contribution in [0.15, 0.2) is 18.2 Å². The van der Waals surface area contributed by atoms with E-state index in [4.69, 9.17) is 10.8 Å². The van der Waals surface area contributed by atoms with Crippen molar-refractivity contribution in [3.63, 3.8) is 0 Å². The lowest BCUT2D eigenvalue weighted by atomic mass is 10.1. The average molecular weight is 226 g/mol. The van der Waals surface area contributed by atoms with Gasteiger partial charge in [0.2, 0.25) is 0 Å². The van der Waals surface area contributed by atoms with Gasteiger partial charge in [0, 0.05) is 7.05 Å². The number of carboxylic acids is 1. The average Bonchev–Trinajstić information content (AvgIpc) is 2.20. The first-order valence-electron chi connectivity index (χ1n) is 4.44. The monoisotopic (exact) mass is 226 g/mol. The Bertz CT molecular complexity index is 434. The summed E-state index contributed by atoms with van der Waals surface area (Å²) in [7, 11) is 1.31. The fourth-order valence-corrected chi connectivity index (χ4v) is 1.20. The lowest BCUT2D eigenvalue weighted by molar-refractivity contribution is -0.137. The molecular weight excluding hydrogens is 215 g/mol. The number of benzene rings is 1. The summed E-state index contributed by atoms with van der Waals surface area (Å²) in [6.45, 7) is -0.464. The number of aliphatic carboxylic acids is 1. The molecule has 0 saturated carbocycles. The Morgan fingerprint density at radius 1 is 1.50 bits per heavy atom. The van der Waals surface area contributed by atoms with Gasteiger partial charge in [-0.05, 0) is 12.1 Å². The second-order valence-corrected chi connectivity index (χ2v) is 3.26. The largest absolute Gasteiger partial charge is 0.480 e. The van der Waals surface area contributed by atoms with Crippen molar-refractivity contribution in [1.29, 1.82) is 0 Å². The standard InChI is InChI=1S/C10H11FN2O3/c1-13(5-8(14)15)10(16)6-3-2-4-7(11)9(6)12/h2-4H,5,12H2,1H3,(H,14,15). The molecule has 0 heterocycles. The van der Waals surface area contributed by atoms with E-state index in [2.05, 4.69) is 0 Å². The summed E-state index contributed by atoms with van der Waals surface area (Å²) in [4.78, 5) is 23.0. The fourth-order valence-electron chi connectivity index (χ4n) is 1.20. The second-order valence-electron chi connectivity index (χ2n) is 3.26. The van der Waals surface area contributed by atoms with Gasteiger partial charge in [0.15, 0.2) is 0 Å². The highest BCUT2D eigenvalue weighted by atomic mass is 19.1. The Balaban J connectivity index is 2.96. The van der Waals surface area contributed by atoms with Crippen LogP contribution in [0.1, 0.15) is 10.4 Å². The molecule has 0 fully saturated rings. The van der Waals surface area contributed by atoms with Gasteiger partial charge in [-0.15, -0.1) is 0 Å². The van der Waals surface area contributed by atoms with Gasteiger partial charge in [-0.3, -0.25) is 9.59 Å². The lowest BCUT2D eigenvalue weighted by Crippen LogP contribution is -2.32. The predicted molar refractivity (Wildman–Crippen MR) is 55.4 cm³/mol. The second kappa shape index (κ2) is 4.61. The molecule has 0 bridgehead atoms. The minimum Gasteiger partial charge on any atom is -0.480 e. The van der Waals surface area contributed by atoms with Crippen molar-refractivity contribution in [3.8, 4) is 0 Å². The van der Waals surface area contributed by atoms with E-state index in [1.165, 1.54) is 19.2 Å². The minimum atomic E-state index is -1.15. The number of rotatable bonds is 3. The van der Waals surface area contributed by atoms with Crippen molar-refractivity contribution in [1.82, 2.24) is 4.90 Å². The number of hydrogen-bond acceptors (Lipinski definition) is 3. The summed E-state index contributed by atoms with van der Waals surface area (Å²) < 4.78 is 13.1. The Morgan fingerprint density at radius 2 is 2.12 bits per heavy atom. The maximum absolute atomic E-state index is 13.1. The summed E-state index contributed by atoms with van der Waals surface area (Å²) in [5, 5.41) is 8.50. The molecule has 0 spiro atoms. The normalized spacial score (nSPS) is 9.88. The zero-order chi connectivity index (χ0) is 12.3. The topological polar surface area (TPSA) is 83.6 Å². The highest BCUT2D eigenvalue weighted by Gasteiger charge is 2.18. The molecular formula is C10H11FN2O3. The van der Waals surface area contributed by atoms with Crippen molar-refractivity contribution >= 4 is 17.6 Å². The molecule has 1 aromatic carbocycles. The number of para-hydroxylation sites is 1. The van der Waals surface area contributed by atoms with E-state index >= 15 is 0 Å². The van der Waals surface area contributed by atoms with Crippen LogP contribution >= 0.6 is 0 Å². The first-order valence-corrected chi connectivity index (χ1v) is 4.44. The van der Waals surface area contributed by atoms with Crippen molar-refractivity contribution in [2.75, 3.05) is 19.3 Å². The first-order chi connectivity index (χ1) is 7.43. The zero-order valence-corrected chi connectivity index (χ0v) is 8.61. The molecule has 0 aliphatic heterocycles. The van der Waals surface area contributed by atoms with Gasteiger partial charge in [-0.25, -0.2) is 4.39 Å². The summed E-state index contributed by atoms with van der Waals surface area (Å²) in [6.07, 6.45) is 0. The third-order valence-electron chi connectivity index (χ3n) is 2.00. The molecule has 1 aromatic rings. The highest BCUT2D eigenvalue weighted by molar-refractivity contribution is 6.00. The van der Waals surface area contributed by atoms with Crippen LogP contribution in [0, 0.1) is 5.82 Å². The van der Waals surface area contributed by atoms with Gasteiger partial charge in [0.25, 0.3) is 5.91 Å². The molecule has 0 aliphatic carbocycles. The molecule has 86 valence electrons. The summed E-state index contributed by atoms with van der Waals surface area (Å²) >= 11 is 0. The minimum absolute atomic E-state index is 0.0382. The van der Waals surface area contributed by atoms with Crippen molar-refractivity contribution < 1.29 is 19.1 Å². The van der Waals surface area contributed by atoms with Crippen molar-refractivity contribution in [3.05, 3.63) is 29.6 Å². The number of carbonyl (C=O) groups excluding carboxylic acids is 1. The van der Waals surface area contributed by atoms with Crippen LogP contribution < -0.4 is 5.73 Å². The Hall–Kier alpha value is -2.11. The molecule has 0 aliphatic rings. The molecule has 0 radical (unpaired) electrons. The van der Waals surface area contributed by atoms with E-state index in [9.17, 15) is 14.0 Å². The molecule has 0 unspecified atom stereocenters. The molecule has 6 heteroatoms. The fraction of sp³-hybridized carbons (Fsp3) is 0.200. The van der Waals surface area contributed by atoms with Gasteiger partial charge in [0.1, 0.15) is 12.4 Å². The van der Waals surface area contributed by atoms with Gasteiger partial charge in [-0.1, -0.05) is 6.07 Å². The van der Waals surface area contributed by atoms with Crippen LogP contribution in [0.2, 0.25) is 0 Å². The van der Waals surface area contributed by atoms with E-state index in [1.54, 1.807) is 0 Å². The van der Waals surface area contributed by atoms with Crippen LogP contribution in [-0.4, -0.2) is 35.5 Å². The van der Waals surface area contributed by atoms with Crippen LogP contribution in [0.25, 0.3) is 0 Å². The Kier molecular flexibility index (Phi) is 3.44. The SMILES string of the molecule is CN(CC(=O)O)C(=O)c1cccc(F)c1N. The van der Waals surface area contributed by atoms with Crippen molar-refractivity contribution in [2.45, 2.75) is 0 Å². The van der Waals surface area contributed by atoms with Gasteiger partial charge in [0.05, 0.1) is 11.3 Å². The van der Waals surface area contributed by atoms with Crippen molar-refractivity contribution in [2.24, 2.45) is 0 Å². The molecule has 3 N–H and O–H groups in total. The van der Waals surface area contributed by atoms with Gasteiger partial charge < -0.3 is 15.7 Å². The Labute approximate surface area is 91.3 Å². The maximum atomic E-state index is 13.1. The van der Waals surface area contributed by atoms with E-state index in [0.717, 1.165) is 11.0 Å². The quantitative estimate of drug-likeness (QED) is 0.738. The molecule has 0 atom stereocenters. The molecule has 1 amide bonds. The number of nitrogens with two attached hydrogens (primary N) is 1. The lowest BCUT2D eigenvalue weighted by Gasteiger charge is -2.15. The van der Waals surface area contributed by atoms with E-state index in [-0.39, 0.29) is 11.3 Å². The van der Waals surface area contributed by atoms with Crippen LogP contribution in [0.4, 0.5) is 10.1 Å². The van der Waals surface area contributed by atoms with Crippen LogP contribution in [0.3, 0.4) is 0 Å². The number of hydrogen-bond donors (Lipinski definition) is 2.